The normalized spacial score (nSPS) is 10.3. The monoisotopic (exact) mass is 244 g/mol. The van der Waals surface area contributed by atoms with Gasteiger partial charge in [-0.1, -0.05) is 19.1 Å². The Bertz CT molecular complexity index is 546. The van der Waals surface area contributed by atoms with E-state index in [9.17, 15) is 4.79 Å². The van der Waals surface area contributed by atoms with E-state index in [2.05, 4.69) is 4.98 Å². The number of rotatable bonds is 5. The third-order valence-electron chi connectivity index (χ3n) is 2.64. The minimum absolute atomic E-state index is 0.0679. The molecule has 0 amide bonds. The van der Waals surface area contributed by atoms with Gasteiger partial charge in [-0.3, -0.25) is 4.79 Å². The van der Waals surface area contributed by atoms with Crippen molar-refractivity contribution in [3.8, 4) is 5.75 Å². The lowest BCUT2D eigenvalue weighted by molar-refractivity contribution is 0.102. The third kappa shape index (κ3) is 2.42. The molecule has 1 aromatic carbocycles. The Morgan fingerprint density at radius 1 is 1.39 bits per heavy atom. The second-order valence-electron chi connectivity index (χ2n) is 4.06. The van der Waals surface area contributed by atoms with Crippen molar-refractivity contribution in [3.63, 3.8) is 0 Å². The van der Waals surface area contributed by atoms with Gasteiger partial charge >= 0.3 is 0 Å². The Balaban J connectivity index is 2.33. The van der Waals surface area contributed by atoms with E-state index in [0.717, 1.165) is 6.42 Å². The fourth-order valence-electron chi connectivity index (χ4n) is 1.71. The van der Waals surface area contributed by atoms with Gasteiger partial charge in [-0.15, -0.1) is 0 Å². The first-order valence-corrected chi connectivity index (χ1v) is 5.97. The third-order valence-corrected chi connectivity index (χ3v) is 2.64. The van der Waals surface area contributed by atoms with Crippen LogP contribution in [-0.4, -0.2) is 21.9 Å². The Morgan fingerprint density at radius 2 is 2.17 bits per heavy atom. The average Bonchev–Trinajstić information content (AvgIpc) is 2.82. The van der Waals surface area contributed by atoms with E-state index >= 15 is 0 Å². The molecule has 0 saturated heterocycles. The molecule has 0 atom stereocenters. The number of imidazole rings is 1. The number of carbonyl (C=O) groups is 1. The maximum Gasteiger partial charge on any atom is 0.214 e. The number of para-hydroxylation sites is 1. The van der Waals surface area contributed by atoms with E-state index in [-0.39, 0.29) is 5.78 Å². The van der Waals surface area contributed by atoms with Crippen LogP contribution in [0.2, 0.25) is 0 Å². The molecule has 0 unspecified atom stereocenters. The molecule has 0 spiro atoms. The Kier molecular flexibility index (Phi) is 3.77. The van der Waals surface area contributed by atoms with Gasteiger partial charge in [0.05, 0.1) is 24.7 Å². The zero-order valence-corrected chi connectivity index (χ0v) is 10.6. The van der Waals surface area contributed by atoms with Crippen LogP contribution in [0.4, 0.5) is 0 Å². The summed E-state index contributed by atoms with van der Waals surface area (Å²) < 4.78 is 7.30. The molecule has 2 aromatic rings. The van der Waals surface area contributed by atoms with Gasteiger partial charge in [-0.05, 0) is 18.6 Å². The van der Waals surface area contributed by atoms with Crippen LogP contribution < -0.4 is 4.74 Å². The van der Waals surface area contributed by atoms with Crippen LogP contribution in [0.3, 0.4) is 0 Å². The maximum absolute atomic E-state index is 12.4. The Hall–Kier alpha value is -2.10. The van der Waals surface area contributed by atoms with Gasteiger partial charge in [-0.2, -0.15) is 0 Å². The standard InChI is InChI=1S/C14H16N2O2/c1-3-8-18-13-7-5-4-6-11(13)14(17)12-9-15-10-16(12)2/h4-7,9-10H,3,8H2,1-2H3. The van der Waals surface area contributed by atoms with Gasteiger partial charge in [-0.25, -0.2) is 4.98 Å². The van der Waals surface area contributed by atoms with E-state index in [1.54, 1.807) is 30.2 Å². The number of ketones is 1. The zero-order valence-electron chi connectivity index (χ0n) is 10.6. The summed E-state index contributed by atoms with van der Waals surface area (Å²) in [5, 5.41) is 0. The Morgan fingerprint density at radius 3 is 2.83 bits per heavy atom. The molecular formula is C14H16N2O2. The van der Waals surface area contributed by atoms with Crippen LogP contribution in [0.25, 0.3) is 0 Å². The first-order valence-electron chi connectivity index (χ1n) is 5.97. The highest BCUT2D eigenvalue weighted by atomic mass is 16.5. The smallest absolute Gasteiger partial charge is 0.214 e. The highest BCUT2D eigenvalue weighted by molar-refractivity contribution is 6.09. The van der Waals surface area contributed by atoms with E-state index in [4.69, 9.17) is 4.74 Å². The molecular weight excluding hydrogens is 228 g/mol. The van der Waals surface area contributed by atoms with E-state index < -0.39 is 0 Å². The lowest BCUT2D eigenvalue weighted by Crippen LogP contribution is -2.09. The number of aryl methyl sites for hydroxylation is 1. The van der Waals surface area contributed by atoms with Gasteiger partial charge in [0.2, 0.25) is 5.78 Å². The molecule has 0 saturated carbocycles. The van der Waals surface area contributed by atoms with Crippen LogP contribution in [0.5, 0.6) is 5.75 Å². The molecule has 94 valence electrons. The summed E-state index contributed by atoms with van der Waals surface area (Å²) in [4.78, 5) is 16.3. The van der Waals surface area contributed by atoms with E-state index in [0.29, 0.717) is 23.6 Å². The molecule has 2 rings (SSSR count). The Labute approximate surface area is 106 Å². The summed E-state index contributed by atoms with van der Waals surface area (Å²) in [5.74, 6) is 0.562. The van der Waals surface area contributed by atoms with Crippen LogP contribution in [0.1, 0.15) is 29.4 Å². The van der Waals surface area contributed by atoms with Crippen molar-refractivity contribution >= 4 is 5.78 Å². The van der Waals surface area contributed by atoms with Crippen LogP contribution >= 0.6 is 0 Å². The maximum atomic E-state index is 12.4. The molecule has 1 aromatic heterocycles. The van der Waals surface area contributed by atoms with E-state index in [1.807, 2.05) is 25.1 Å². The summed E-state index contributed by atoms with van der Waals surface area (Å²) in [7, 11) is 1.80. The molecule has 0 N–H and O–H groups in total. The van der Waals surface area contributed by atoms with Crippen LogP contribution in [-0.2, 0) is 7.05 Å². The predicted molar refractivity (Wildman–Crippen MR) is 68.9 cm³/mol. The van der Waals surface area contributed by atoms with Gasteiger partial charge in [0.1, 0.15) is 11.4 Å². The lowest BCUT2D eigenvalue weighted by atomic mass is 10.1. The number of hydrogen-bond donors (Lipinski definition) is 0. The van der Waals surface area contributed by atoms with Crippen molar-refractivity contribution in [1.29, 1.82) is 0 Å². The van der Waals surface area contributed by atoms with Crippen LogP contribution in [0.15, 0.2) is 36.8 Å². The first kappa shape index (κ1) is 12.4. The molecule has 4 heteroatoms. The molecule has 0 aliphatic rings. The number of carbonyl (C=O) groups excluding carboxylic acids is 1. The fourth-order valence-corrected chi connectivity index (χ4v) is 1.71. The highest BCUT2D eigenvalue weighted by Crippen LogP contribution is 2.21. The summed E-state index contributed by atoms with van der Waals surface area (Å²) in [5.41, 5.74) is 1.14. The van der Waals surface area contributed by atoms with Crippen molar-refractivity contribution in [3.05, 3.63) is 48.0 Å². The molecule has 0 aliphatic heterocycles. The van der Waals surface area contributed by atoms with Gasteiger partial charge in [0.25, 0.3) is 0 Å². The highest BCUT2D eigenvalue weighted by Gasteiger charge is 2.16. The van der Waals surface area contributed by atoms with Crippen molar-refractivity contribution in [2.24, 2.45) is 7.05 Å². The molecule has 18 heavy (non-hydrogen) atoms. The SMILES string of the molecule is CCCOc1ccccc1C(=O)c1cncn1C. The minimum atomic E-state index is -0.0679. The second kappa shape index (κ2) is 5.49. The largest absolute Gasteiger partial charge is 0.493 e. The summed E-state index contributed by atoms with van der Waals surface area (Å²) in [6.07, 6.45) is 4.09. The van der Waals surface area contributed by atoms with E-state index in [1.165, 1.54) is 0 Å². The topological polar surface area (TPSA) is 44.1 Å². The average molecular weight is 244 g/mol. The molecule has 0 radical (unpaired) electrons. The van der Waals surface area contributed by atoms with Crippen molar-refractivity contribution in [2.45, 2.75) is 13.3 Å². The quantitative estimate of drug-likeness (QED) is 0.759. The summed E-state index contributed by atoms with van der Waals surface area (Å²) >= 11 is 0. The molecule has 0 fully saturated rings. The van der Waals surface area contributed by atoms with Crippen molar-refractivity contribution < 1.29 is 9.53 Å². The molecule has 1 heterocycles. The number of benzene rings is 1. The fraction of sp³-hybridized carbons (Fsp3) is 0.286. The number of ether oxygens (including phenoxy) is 1. The minimum Gasteiger partial charge on any atom is -0.493 e. The van der Waals surface area contributed by atoms with Gasteiger partial charge in [0.15, 0.2) is 0 Å². The number of aromatic nitrogens is 2. The van der Waals surface area contributed by atoms with Crippen LogP contribution in [0, 0.1) is 0 Å². The van der Waals surface area contributed by atoms with Crippen molar-refractivity contribution in [2.75, 3.05) is 6.61 Å². The molecule has 0 aliphatic carbocycles. The first-order chi connectivity index (χ1) is 8.74. The van der Waals surface area contributed by atoms with Crippen molar-refractivity contribution in [1.82, 2.24) is 9.55 Å². The predicted octanol–water partition coefficient (Wildman–Crippen LogP) is 2.44. The van der Waals surface area contributed by atoms with Gasteiger partial charge < -0.3 is 9.30 Å². The summed E-state index contributed by atoms with van der Waals surface area (Å²) in [6.45, 7) is 2.64. The molecule has 0 bridgehead atoms. The lowest BCUT2D eigenvalue weighted by Gasteiger charge is -2.09. The second-order valence-corrected chi connectivity index (χ2v) is 4.06. The van der Waals surface area contributed by atoms with Gasteiger partial charge in [0, 0.05) is 7.05 Å². The number of nitrogens with zero attached hydrogens (tertiary/aromatic N) is 2. The zero-order chi connectivity index (χ0) is 13.0. The molecule has 4 nitrogen and oxygen atoms in total. The number of hydrogen-bond acceptors (Lipinski definition) is 3. The summed E-state index contributed by atoms with van der Waals surface area (Å²) in [6, 6.07) is 7.30.